The van der Waals surface area contributed by atoms with Crippen LogP contribution in [0.5, 0.6) is 0 Å². The fraction of sp³-hybridized carbons (Fsp3) is 0.451. The van der Waals surface area contributed by atoms with Crippen molar-refractivity contribution < 1.29 is 47.8 Å². The Balaban J connectivity index is 0.000000175. The summed E-state index contributed by atoms with van der Waals surface area (Å²) in [5.74, 6) is -2.42. The molecule has 340 valence electrons. The minimum absolute atomic E-state index is 0. The third kappa shape index (κ3) is 8.16. The third-order valence-corrected chi connectivity index (χ3v) is 14.2. The number of carbonyl (C=O) groups is 8. The largest absolute Gasteiger partial charge is 0.465 e. The Morgan fingerprint density at radius 1 is 0.538 bits per heavy atom. The van der Waals surface area contributed by atoms with Gasteiger partial charge in [0.1, 0.15) is 6.61 Å². The highest BCUT2D eigenvalue weighted by Gasteiger charge is 2.44. The lowest BCUT2D eigenvalue weighted by Gasteiger charge is -2.35. The fourth-order valence-corrected chi connectivity index (χ4v) is 11.0. The molecule has 4 fully saturated rings. The quantitative estimate of drug-likeness (QED) is 0.0894. The summed E-state index contributed by atoms with van der Waals surface area (Å²) in [7, 11) is 1.27. The molecule has 4 aromatic rings. The Bertz CT molecular complexity index is 2450. The average molecular weight is 885 g/mol. The molecule has 4 saturated carbocycles. The second-order valence-electron chi connectivity index (χ2n) is 17.9. The number of carbonyl (C=O) groups excluding carboxylic acids is 8. The number of ether oxygens (including phenoxy) is 2. The second kappa shape index (κ2) is 19.0. The zero-order valence-corrected chi connectivity index (χ0v) is 36.0. The summed E-state index contributed by atoms with van der Waals surface area (Å²) in [5, 5.41) is 7.83. The van der Waals surface area contributed by atoms with Gasteiger partial charge in [0.05, 0.1) is 12.7 Å². The molecule has 0 aromatic heterocycles. The van der Waals surface area contributed by atoms with E-state index in [1.54, 1.807) is 42.5 Å². The molecular weight excluding hydrogens is 829 g/mol. The molecule has 0 spiro atoms. The summed E-state index contributed by atoms with van der Waals surface area (Å²) in [5.41, 5.74) is 3.02. The van der Waals surface area contributed by atoms with Gasteiger partial charge in [0.2, 0.25) is 0 Å². The van der Waals surface area contributed by atoms with Crippen molar-refractivity contribution in [3.63, 3.8) is 0 Å². The Kier molecular flexibility index (Phi) is 13.2. The maximum absolute atomic E-state index is 13.3. The van der Waals surface area contributed by atoms with E-state index in [2.05, 4.69) is 10.6 Å². The number of imide groups is 2. The molecule has 4 aliphatic carbocycles. The molecule has 4 aromatic carbocycles. The van der Waals surface area contributed by atoms with Crippen molar-refractivity contribution in [2.75, 3.05) is 7.11 Å². The number of hydrogen-bond donors (Lipinski definition) is 2. The molecule has 2 N–H and O–H groups in total. The Hall–Kier alpha value is -6.44. The maximum atomic E-state index is 13.3. The van der Waals surface area contributed by atoms with Crippen LogP contribution >= 0.6 is 0 Å². The molecule has 0 saturated heterocycles. The molecule has 6 aliphatic rings. The predicted molar refractivity (Wildman–Crippen MR) is 242 cm³/mol. The highest BCUT2D eigenvalue weighted by atomic mass is 16.5. The summed E-state index contributed by atoms with van der Waals surface area (Å²) in [6.07, 6.45) is 15.3. The number of nitrogens with zero attached hydrogens (tertiary/aromatic N) is 2. The maximum Gasteiger partial charge on any atom is 0.338 e. The zero-order chi connectivity index (χ0) is 44.6. The highest BCUT2D eigenvalue weighted by Crippen LogP contribution is 2.41. The lowest BCUT2D eigenvalue weighted by molar-refractivity contribution is -0.129. The number of benzene rings is 4. The number of nitrogens with one attached hydrogen (secondary N) is 2. The number of hydrogen-bond acceptors (Lipinski definition) is 10. The number of esters is 1. The summed E-state index contributed by atoms with van der Waals surface area (Å²) >= 11 is 0. The SMILES string of the molecule is C.COC(=O)c1ccc(C(=O)NC2CCCC2)c2c(COC=O)ccc(C(=O)NC3CCCC3)c12.O=C1c2ccc3c4c(ccc(c24)C(=O)N1C1CCCC1)C(=O)N(C1CCCC1)C3=O. The van der Waals surface area contributed by atoms with Gasteiger partial charge in [0.15, 0.2) is 0 Å². The Morgan fingerprint density at radius 2 is 0.908 bits per heavy atom. The second-order valence-corrected chi connectivity index (χ2v) is 17.9. The van der Waals surface area contributed by atoms with E-state index < -0.39 is 5.97 Å². The van der Waals surface area contributed by atoms with E-state index in [-0.39, 0.29) is 84.8 Å². The monoisotopic (exact) mass is 884 g/mol. The fourth-order valence-electron chi connectivity index (χ4n) is 11.0. The van der Waals surface area contributed by atoms with Crippen LogP contribution in [0, 0.1) is 0 Å². The van der Waals surface area contributed by atoms with Crippen molar-refractivity contribution in [2.45, 2.75) is 141 Å². The molecule has 0 atom stereocenters. The first-order valence-corrected chi connectivity index (χ1v) is 22.8. The molecule has 14 heteroatoms. The van der Waals surface area contributed by atoms with Crippen LogP contribution in [0.1, 0.15) is 188 Å². The molecule has 0 bridgehead atoms. The molecule has 2 heterocycles. The highest BCUT2D eigenvalue weighted by molar-refractivity contribution is 6.33. The van der Waals surface area contributed by atoms with Gasteiger partial charge in [-0.25, -0.2) is 4.79 Å². The summed E-state index contributed by atoms with van der Waals surface area (Å²) < 4.78 is 9.98. The van der Waals surface area contributed by atoms with Crippen LogP contribution in [0.2, 0.25) is 0 Å². The van der Waals surface area contributed by atoms with Crippen molar-refractivity contribution in [1.82, 2.24) is 20.4 Å². The predicted octanol–water partition coefficient (Wildman–Crippen LogP) is 8.20. The summed E-state index contributed by atoms with van der Waals surface area (Å²) in [6, 6.07) is 13.1. The van der Waals surface area contributed by atoms with Crippen LogP contribution < -0.4 is 10.6 Å². The third-order valence-electron chi connectivity index (χ3n) is 14.2. The van der Waals surface area contributed by atoms with Gasteiger partial charge in [0.25, 0.3) is 41.9 Å². The standard InChI is InChI=1S/C26H30N2O6.C24H22N2O4.CH4/c1-33-26(32)21-13-12-19(24(30)27-17-6-2-3-7-17)22-16(14-34-15-29)10-11-20(23(21)22)25(31)28-18-8-4-5-9-18;27-21-15-9-11-17-20-18(24(30)26(23(17)29)14-7-3-4-8-14)12-10-16(19(15)20)22(28)25(21)13-5-1-2-6-13;/h10-13,15,17-18H,2-9,14H2,1H3,(H,27,30)(H,28,31);9-14H,1-8H2;1H4. The molecule has 14 nitrogen and oxygen atoms in total. The molecule has 0 radical (unpaired) electrons. The molecular formula is C51H56N4O10. The van der Waals surface area contributed by atoms with Crippen molar-refractivity contribution in [1.29, 1.82) is 0 Å². The van der Waals surface area contributed by atoms with Crippen molar-refractivity contribution >= 4 is 69.4 Å². The first-order valence-electron chi connectivity index (χ1n) is 22.8. The van der Waals surface area contributed by atoms with Crippen LogP contribution in [0.4, 0.5) is 0 Å². The van der Waals surface area contributed by atoms with E-state index in [0.29, 0.717) is 61.4 Å². The van der Waals surface area contributed by atoms with E-state index in [0.717, 1.165) is 103 Å². The number of fused-ring (bicyclic) bond motifs is 1. The molecule has 2 aliphatic heterocycles. The summed E-state index contributed by atoms with van der Waals surface area (Å²) in [6.45, 7) is 0.230. The first-order chi connectivity index (χ1) is 31.1. The number of methoxy groups -OCH3 is 1. The zero-order valence-electron chi connectivity index (χ0n) is 36.0. The average Bonchev–Trinajstić information content (AvgIpc) is 4.17. The van der Waals surface area contributed by atoms with E-state index in [4.69, 9.17) is 9.47 Å². The lowest BCUT2D eigenvalue weighted by Crippen LogP contribution is -2.48. The molecule has 65 heavy (non-hydrogen) atoms. The van der Waals surface area contributed by atoms with E-state index >= 15 is 0 Å². The van der Waals surface area contributed by atoms with Gasteiger partial charge in [-0.3, -0.25) is 43.4 Å². The molecule has 10 rings (SSSR count). The Morgan fingerprint density at radius 3 is 1.31 bits per heavy atom. The van der Waals surface area contributed by atoms with E-state index in [9.17, 15) is 38.4 Å². The topological polar surface area (TPSA) is 186 Å². The van der Waals surface area contributed by atoms with Crippen LogP contribution in [-0.4, -0.2) is 89.0 Å². The van der Waals surface area contributed by atoms with Crippen molar-refractivity contribution in [3.05, 3.63) is 93.0 Å². The minimum atomic E-state index is -0.615. The van der Waals surface area contributed by atoms with Gasteiger partial charge < -0.3 is 20.1 Å². The smallest absolute Gasteiger partial charge is 0.338 e. The number of amides is 6. The van der Waals surface area contributed by atoms with Crippen LogP contribution in [0.3, 0.4) is 0 Å². The van der Waals surface area contributed by atoms with Crippen LogP contribution in [-0.2, 0) is 20.9 Å². The van der Waals surface area contributed by atoms with Gasteiger partial charge in [0, 0.05) is 79.1 Å². The molecule has 0 unspecified atom stereocenters. The first kappa shape index (κ1) is 45.1. The number of rotatable bonds is 10. The van der Waals surface area contributed by atoms with Crippen molar-refractivity contribution in [2.24, 2.45) is 0 Å². The van der Waals surface area contributed by atoms with Crippen molar-refractivity contribution in [3.8, 4) is 0 Å². The van der Waals surface area contributed by atoms with Gasteiger partial charge in [-0.1, -0.05) is 64.9 Å². The van der Waals surface area contributed by atoms with Gasteiger partial charge in [-0.2, -0.15) is 0 Å². The normalized spacial score (nSPS) is 18.8. The Labute approximate surface area is 377 Å². The lowest BCUT2D eigenvalue weighted by atomic mass is 9.85. The minimum Gasteiger partial charge on any atom is -0.465 e. The summed E-state index contributed by atoms with van der Waals surface area (Å²) in [4.78, 5) is 106. The van der Waals surface area contributed by atoms with Crippen LogP contribution in [0.25, 0.3) is 21.5 Å². The van der Waals surface area contributed by atoms with Gasteiger partial charge in [-0.05, 0) is 99.4 Å². The van der Waals surface area contributed by atoms with Gasteiger partial charge >= 0.3 is 5.97 Å². The van der Waals surface area contributed by atoms with Gasteiger partial charge in [-0.15, -0.1) is 0 Å². The van der Waals surface area contributed by atoms with E-state index in [1.807, 2.05) is 0 Å². The molecule has 6 amide bonds. The van der Waals surface area contributed by atoms with Crippen LogP contribution in [0.15, 0.2) is 48.5 Å². The van der Waals surface area contributed by atoms with E-state index in [1.165, 1.54) is 23.0 Å².